The highest BCUT2D eigenvalue weighted by atomic mass is 32.2. The second-order valence-corrected chi connectivity index (χ2v) is 8.39. The number of benzene rings is 2. The van der Waals surface area contributed by atoms with E-state index >= 15 is 0 Å². The summed E-state index contributed by atoms with van der Waals surface area (Å²) in [5.41, 5.74) is 2.65. The van der Waals surface area contributed by atoms with Gasteiger partial charge in [-0.05, 0) is 28.8 Å². The van der Waals surface area contributed by atoms with Crippen molar-refractivity contribution in [3.05, 3.63) is 65.2 Å². The van der Waals surface area contributed by atoms with Crippen molar-refractivity contribution >= 4 is 15.9 Å². The third kappa shape index (κ3) is 6.40. The number of carbonyl (C=O) groups is 1. The van der Waals surface area contributed by atoms with Gasteiger partial charge in [-0.2, -0.15) is 0 Å². The van der Waals surface area contributed by atoms with E-state index < -0.39 is 9.84 Å². The molecule has 26 heavy (non-hydrogen) atoms. The number of ether oxygens (including phenoxy) is 1. The Hall–Kier alpha value is -2.54. The van der Waals surface area contributed by atoms with Gasteiger partial charge in [-0.1, -0.05) is 36.4 Å². The largest absolute Gasteiger partial charge is 0.497 e. The van der Waals surface area contributed by atoms with Crippen LogP contribution >= 0.6 is 0 Å². The Morgan fingerprint density at radius 3 is 2.08 bits per heavy atom. The molecule has 0 aliphatic heterocycles. The highest BCUT2D eigenvalue weighted by Gasteiger charge is 2.09. The van der Waals surface area contributed by atoms with Crippen LogP contribution in [0.2, 0.25) is 0 Å². The Morgan fingerprint density at radius 1 is 1.00 bits per heavy atom. The van der Waals surface area contributed by atoms with Crippen molar-refractivity contribution in [3.63, 3.8) is 0 Å². The lowest BCUT2D eigenvalue weighted by Crippen LogP contribution is -2.36. The maximum atomic E-state index is 12.2. The Morgan fingerprint density at radius 2 is 1.54 bits per heavy atom. The maximum absolute atomic E-state index is 12.2. The molecule has 0 aliphatic carbocycles. The van der Waals surface area contributed by atoms with Crippen molar-refractivity contribution in [3.8, 4) is 5.75 Å². The van der Waals surface area contributed by atoms with Crippen LogP contribution in [0.1, 0.15) is 16.7 Å². The highest BCUT2D eigenvalue weighted by Crippen LogP contribution is 2.13. The van der Waals surface area contributed by atoms with Crippen LogP contribution in [0.25, 0.3) is 0 Å². The van der Waals surface area contributed by atoms with Gasteiger partial charge in [0.05, 0.1) is 12.9 Å². The fourth-order valence-electron chi connectivity index (χ4n) is 2.45. The van der Waals surface area contributed by atoms with Gasteiger partial charge in [-0.3, -0.25) is 0 Å². The number of rotatable bonds is 7. The van der Waals surface area contributed by atoms with Gasteiger partial charge in [0.1, 0.15) is 5.75 Å². The molecule has 2 amide bonds. The average Bonchev–Trinajstić information content (AvgIpc) is 2.60. The number of amides is 2. The zero-order valence-electron chi connectivity index (χ0n) is 15.2. The van der Waals surface area contributed by atoms with Crippen molar-refractivity contribution < 1.29 is 17.9 Å². The van der Waals surface area contributed by atoms with E-state index in [1.54, 1.807) is 31.2 Å². The summed E-state index contributed by atoms with van der Waals surface area (Å²) in [7, 11) is 0.299. The SMILES string of the molecule is COc1ccc(CN(C)C(=O)NCc2ccc(CS(C)(=O)=O)cc2)cc1. The smallest absolute Gasteiger partial charge is 0.317 e. The van der Waals surface area contributed by atoms with Gasteiger partial charge >= 0.3 is 6.03 Å². The van der Waals surface area contributed by atoms with E-state index in [0.717, 1.165) is 22.4 Å². The van der Waals surface area contributed by atoms with Gasteiger partial charge in [0.2, 0.25) is 0 Å². The van der Waals surface area contributed by atoms with Gasteiger partial charge < -0.3 is 15.0 Å². The van der Waals surface area contributed by atoms with Gasteiger partial charge in [-0.25, -0.2) is 13.2 Å². The number of nitrogens with zero attached hydrogens (tertiary/aromatic N) is 1. The number of urea groups is 1. The van der Waals surface area contributed by atoms with Crippen LogP contribution in [0.15, 0.2) is 48.5 Å². The van der Waals surface area contributed by atoms with Gasteiger partial charge in [0.25, 0.3) is 0 Å². The number of carbonyl (C=O) groups excluding carboxylic acids is 1. The normalized spacial score (nSPS) is 11.0. The Bertz CT molecular complexity index is 831. The number of nitrogens with one attached hydrogen (secondary N) is 1. The van der Waals surface area contributed by atoms with Crippen LogP contribution in [0.3, 0.4) is 0 Å². The summed E-state index contributed by atoms with van der Waals surface area (Å²) in [6.07, 6.45) is 1.21. The number of hydrogen-bond donors (Lipinski definition) is 1. The van der Waals surface area contributed by atoms with E-state index in [-0.39, 0.29) is 11.8 Å². The Balaban J connectivity index is 1.84. The topological polar surface area (TPSA) is 75.7 Å². The molecule has 0 heterocycles. The lowest BCUT2D eigenvalue weighted by molar-refractivity contribution is 0.206. The fraction of sp³-hybridized carbons (Fsp3) is 0.316. The first-order valence-corrected chi connectivity index (χ1v) is 10.2. The third-order valence-corrected chi connectivity index (χ3v) is 4.68. The molecule has 140 valence electrons. The van der Waals surface area contributed by atoms with Crippen LogP contribution in [0.5, 0.6) is 5.75 Å². The molecule has 7 heteroatoms. The summed E-state index contributed by atoms with van der Waals surface area (Å²) < 4.78 is 27.7. The number of methoxy groups -OCH3 is 1. The predicted octanol–water partition coefficient (Wildman–Crippen LogP) is 2.58. The second kappa shape index (κ2) is 8.71. The predicted molar refractivity (Wildman–Crippen MR) is 102 cm³/mol. The van der Waals surface area contributed by atoms with Crippen LogP contribution in [-0.2, 0) is 28.7 Å². The van der Waals surface area contributed by atoms with Crippen LogP contribution in [0.4, 0.5) is 4.79 Å². The lowest BCUT2D eigenvalue weighted by atomic mass is 10.1. The summed E-state index contributed by atoms with van der Waals surface area (Å²) in [5.74, 6) is 0.796. The van der Waals surface area contributed by atoms with Crippen molar-refractivity contribution in [1.82, 2.24) is 10.2 Å². The molecule has 0 spiro atoms. The molecule has 0 bridgehead atoms. The molecule has 6 nitrogen and oxygen atoms in total. The van der Waals surface area contributed by atoms with E-state index in [9.17, 15) is 13.2 Å². The van der Waals surface area contributed by atoms with Crippen molar-refractivity contribution in [1.29, 1.82) is 0 Å². The van der Waals surface area contributed by atoms with Gasteiger partial charge in [-0.15, -0.1) is 0 Å². The summed E-state index contributed by atoms with van der Waals surface area (Å²) in [6.45, 7) is 0.869. The molecule has 0 saturated heterocycles. The van der Waals surface area contributed by atoms with Gasteiger partial charge in [0, 0.05) is 26.4 Å². The Kier molecular flexibility index (Phi) is 6.63. The monoisotopic (exact) mass is 376 g/mol. The summed E-state index contributed by atoms with van der Waals surface area (Å²) in [6, 6.07) is 14.6. The molecule has 2 rings (SSSR count). The molecule has 2 aromatic rings. The van der Waals surface area contributed by atoms with Gasteiger partial charge in [0.15, 0.2) is 9.84 Å². The second-order valence-electron chi connectivity index (χ2n) is 6.25. The first-order chi connectivity index (χ1) is 12.3. The molecule has 2 aromatic carbocycles. The fourth-order valence-corrected chi connectivity index (χ4v) is 3.24. The minimum absolute atomic E-state index is 0.0181. The molecule has 0 fully saturated rings. The van der Waals surface area contributed by atoms with Crippen LogP contribution in [0, 0.1) is 0 Å². The molecule has 0 radical (unpaired) electrons. The molecular weight excluding hydrogens is 352 g/mol. The summed E-state index contributed by atoms with van der Waals surface area (Å²) in [4.78, 5) is 13.8. The van der Waals surface area contributed by atoms with E-state index in [0.29, 0.717) is 13.1 Å². The van der Waals surface area contributed by atoms with Crippen molar-refractivity contribution in [2.45, 2.75) is 18.8 Å². The Labute approximate surface area is 154 Å². The molecule has 0 aliphatic rings. The van der Waals surface area contributed by atoms with Crippen LogP contribution in [-0.4, -0.2) is 39.8 Å². The van der Waals surface area contributed by atoms with E-state index in [1.807, 2.05) is 36.4 Å². The molecule has 1 N–H and O–H groups in total. The van der Waals surface area contributed by atoms with E-state index in [4.69, 9.17) is 4.74 Å². The summed E-state index contributed by atoms with van der Waals surface area (Å²) >= 11 is 0. The zero-order chi connectivity index (χ0) is 19.2. The molecular formula is C19H24N2O4S. The molecule has 0 unspecified atom stereocenters. The van der Waals surface area contributed by atoms with E-state index in [1.165, 1.54) is 6.26 Å². The molecule has 0 atom stereocenters. The zero-order valence-corrected chi connectivity index (χ0v) is 16.0. The van der Waals surface area contributed by atoms with Crippen molar-refractivity contribution in [2.24, 2.45) is 0 Å². The third-order valence-electron chi connectivity index (χ3n) is 3.82. The molecule has 0 saturated carbocycles. The minimum Gasteiger partial charge on any atom is -0.497 e. The first kappa shape index (κ1) is 19.8. The highest BCUT2D eigenvalue weighted by molar-refractivity contribution is 7.89. The van der Waals surface area contributed by atoms with Crippen LogP contribution < -0.4 is 10.1 Å². The summed E-state index contributed by atoms with van der Waals surface area (Å²) in [5, 5.41) is 2.85. The number of hydrogen-bond acceptors (Lipinski definition) is 4. The standard InChI is InChI=1S/C19H24N2O4S/c1-21(13-16-8-10-18(25-2)11-9-16)19(22)20-12-15-4-6-17(7-5-15)14-26(3,23)24/h4-11H,12-14H2,1-3H3,(H,20,22). The maximum Gasteiger partial charge on any atom is 0.317 e. The van der Waals surface area contributed by atoms with E-state index in [2.05, 4.69) is 5.32 Å². The quantitative estimate of drug-likeness (QED) is 0.806. The van der Waals surface area contributed by atoms with Crippen molar-refractivity contribution in [2.75, 3.05) is 20.4 Å². The first-order valence-electron chi connectivity index (χ1n) is 8.14. The lowest BCUT2D eigenvalue weighted by Gasteiger charge is -2.18. The molecule has 0 aromatic heterocycles. The number of sulfone groups is 1. The average molecular weight is 376 g/mol. The minimum atomic E-state index is -3.05.